The van der Waals surface area contributed by atoms with Crippen molar-refractivity contribution >= 4 is 11.6 Å². The molecule has 1 unspecified atom stereocenters. The summed E-state index contributed by atoms with van der Waals surface area (Å²) in [6.45, 7) is 2.12. The van der Waals surface area contributed by atoms with E-state index in [4.69, 9.17) is 4.74 Å². The number of piperidine rings is 1. The fraction of sp³-hybridized carbons (Fsp3) is 0.500. The predicted octanol–water partition coefficient (Wildman–Crippen LogP) is 1.31. The van der Waals surface area contributed by atoms with Crippen LogP contribution in [-0.4, -0.2) is 37.7 Å². The molecule has 1 aromatic rings. The molecular weight excluding hydrogens is 247 g/mol. The summed E-state index contributed by atoms with van der Waals surface area (Å²) in [7, 11) is 0. The molecule has 2 aliphatic rings. The molecule has 2 aliphatic heterocycles. The van der Waals surface area contributed by atoms with Crippen LogP contribution < -0.4 is 10.2 Å². The summed E-state index contributed by atoms with van der Waals surface area (Å²) in [6.07, 6.45) is 1.91. The molecule has 0 bridgehead atoms. The van der Waals surface area contributed by atoms with Crippen LogP contribution in [0.3, 0.4) is 0 Å². The lowest BCUT2D eigenvalue weighted by Gasteiger charge is -2.44. The Hall–Kier alpha value is -1.46. The molecule has 102 valence electrons. The molecule has 3 rings (SSSR count). The van der Waals surface area contributed by atoms with E-state index in [2.05, 4.69) is 5.32 Å². The van der Waals surface area contributed by atoms with Crippen molar-refractivity contribution in [3.05, 3.63) is 30.1 Å². The van der Waals surface area contributed by atoms with Gasteiger partial charge in [0, 0.05) is 6.54 Å². The average Bonchev–Trinajstić information content (AvgIpc) is 2.44. The second kappa shape index (κ2) is 4.90. The van der Waals surface area contributed by atoms with Crippen molar-refractivity contribution < 1.29 is 13.9 Å². The van der Waals surface area contributed by atoms with Gasteiger partial charge in [-0.05, 0) is 31.5 Å². The summed E-state index contributed by atoms with van der Waals surface area (Å²) in [4.78, 5) is 13.5. The van der Waals surface area contributed by atoms with E-state index in [0.717, 1.165) is 19.4 Å². The highest BCUT2D eigenvalue weighted by Crippen LogP contribution is 2.30. The fourth-order valence-electron chi connectivity index (χ4n) is 2.80. The van der Waals surface area contributed by atoms with Gasteiger partial charge >= 0.3 is 0 Å². The Kier molecular flexibility index (Phi) is 3.24. The molecule has 2 fully saturated rings. The number of carbonyl (C=O) groups excluding carboxylic acids is 1. The Labute approximate surface area is 111 Å². The van der Waals surface area contributed by atoms with Crippen LogP contribution in [0.25, 0.3) is 0 Å². The summed E-state index contributed by atoms with van der Waals surface area (Å²) in [5.74, 6) is -0.544. The van der Waals surface area contributed by atoms with Gasteiger partial charge in [-0.15, -0.1) is 0 Å². The number of carbonyl (C=O) groups is 1. The number of morpholine rings is 1. The Bertz CT molecular complexity index is 486. The third kappa shape index (κ3) is 2.35. The lowest BCUT2D eigenvalue weighted by Crippen LogP contribution is -2.61. The van der Waals surface area contributed by atoms with Gasteiger partial charge in [-0.3, -0.25) is 4.79 Å². The minimum absolute atomic E-state index is 0.0238. The second-order valence-electron chi connectivity index (χ2n) is 5.18. The minimum atomic E-state index is -0.367. The zero-order chi connectivity index (χ0) is 13.3. The predicted molar refractivity (Wildman–Crippen MR) is 69.5 cm³/mol. The molecule has 1 spiro atoms. The maximum atomic E-state index is 13.9. The summed E-state index contributed by atoms with van der Waals surface area (Å²) >= 11 is 0. The minimum Gasteiger partial charge on any atom is -0.362 e. The van der Waals surface area contributed by atoms with Crippen molar-refractivity contribution in [2.75, 3.05) is 31.1 Å². The first-order valence-electron chi connectivity index (χ1n) is 6.60. The van der Waals surface area contributed by atoms with Gasteiger partial charge in [0.2, 0.25) is 0 Å². The molecule has 2 saturated heterocycles. The van der Waals surface area contributed by atoms with Crippen molar-refractivity contribution in [3.8, 4) is 0 Å². The van der Waals surface area contributed by atoms with Gasteiger partial charge in [-0.2, -0.15) is 0 Å². The largest absolute Gasteiger partial charge is 0.362 e. The highest BCUT2D eigenvalue weighted by Gasteiger charge is 2.41. The number of rotatable bonds is 1. The number of halogens is 1. The Morgan fingerprint density at radius 3 is 2.95 bits per heavy atom. The first-order valence-corrected chi connectivity index (χ1v) is 6.60. The second-order valence-corrected chi connectivity index (χ2v) is 5.18. The van der Waals surface area contributed by atoms with Crippen LogP contribution in [0.2, 0.25) is 0 Å². The number of hydrogen-bond acceptors (Lipinski definition) is 3. The normalized spacial score (nSPS) is 27.8. The van der Waals surface area contributed by atoms with E-state index in [9.17, 15) is 9.18 Å². The Balaban J connectivity index is 1.87. The third-order valence-corrected chi connectivity index (χ3v) is 3.83. The van der Waals surface area contributed by atoms with E-state index in [1.165, 1.54) is 11.0 Å². The van der Waals surface area contributed by atoms with Gasteiger partial charge in [0.25, 0.3) is 5.91 Å². The van der Waals surface area contributed by atoms with Crippen molar-refractivity contribution in [2.45, 2.75) is 18.4 Å². The molecule has 2 heterocycles. The number of para-hydroxylation sites is 1. The molecule has 0 aliphatic carbocycles. The van der Waals surface area contributed by atoms with Crippen molar-refractivity contribution in [1.82, 2.24) is 5.32 Å². The van der Waals surface area contributed by atoms with Crippen LogP contribution in [0.1, 0.15) is 12.8 Å². The van der Waals surface area contributed by atoms with Crippen LogP contribution in [0.15, 0.2) is 24.3 Å². The smallest absolute Gasteiger partial charge is 0.253 e. The van der Waals surface area contributed by atoms with Crippen LogP contribution >= 0.6 is 0 Å². The van der Waals surface area contributed by atoms with E-state index in [1.807, 2.05) is 0 Å². The number of benzene rings is 1. The molecule has 4 nitrogen and oxygen atoms in total. The van der Waals surface area contributed by atoms with Crippen molar-refractivity contribution in [2.24, 2.45) is 0 Å². The molecule has 1 N–H and O–H groups in total. The van der Waals surface area contributed by atoms with E-state index >= 15 is 0 Å². The van der Waals surface area contributed by atoms with E-state index < -0.39 is 0 Å². The van der Waals surface area contributed by atoms with Gasteiger partial charge < -0.3 is 15.0 Å². The molecule has 0 radical (unpaired) electrons. The van der Waals surface area contributed by atoms with Crippen molar-refractivity contribution in [1.29, 1.82) is 0 Å². The molecule has 5 heteroatoms. The topological polar surface area (TPSA) is 41.6 Å². The van der Waals surface area contributed by atoms with E-state index in [0.29, 0.717) is 18.8 Å². The number of anilines is 1. The van der Waals surface area contributed by atoms with Gasteiger partial charge in [0.05, 0.1) is 17.8 Å². The first kappa shape index (κ1) is 12.6. The van der Waals surface area contributed by atoms with Crippen LogP contribution in [0, 0.1) is 5.82 Å². The lowest BCUT2D eigenvalue weighted by atomic mass is 9.91. The maximum Gasteiger partial charge on any atom is 0.253 e. The van der Waals surface area contributed by atoms with Crippen LogP contribution in [-0.2, 0) is 9.53 Å². The molecule has 0 aromatic heterocycles. The summed E-state index contributed by atoms with van der Waals surface area (Å²) in [5, 5.41) is 3.29. The van der Waals surface area contributed by atoms with Crippen LogP contribution in [0.4, 0.5) is 10.1 Å². The standard InChI is InChI=1S/C14H17FN2O2/c15-11-4-1-2-5-12(11)17-10-14(19-8-13(17)18)6-3-7-16-9-14/h1-2,4-5,16H,3,6-10H2. The third-order valence-electron chi connectivity index (χ3n) is 3.83. The Morgan fingerprint density at radius 2 is 2.21 bits per heavy atom. The monoisotopic (exact) mass is 264 g/mol. The van der Waals surface area contributed by atoms with Crippen molar-refractivity contribution in [3.63, 3.8) is 0 Å². The molecule has 1 aromatic carbocycles. The highest BCUT2D eigenvalue weighted by molar-refractivity contribution is 5.95. The summed E-state index contributed by atoms with van der Waals surface area (Å²) in [5.41, 5.74) is -0.0187. The molecule has 19 heavy (non-hydrogen) atoms. The lowest BCUT2D eigenvalue weighted by molar-refractivity contribution is -0.140. The number of hydrogen-bond donors (Lipinski definition) is 1. The SMILES string of the molecule is O=C1COC2(CCCNC2)CN1c1ccccc1F. The summed E-state index contributed by atoms with van der Waals surface area (Å²) < 4.78 is 19.6. The summed E-state index contributed by atoms with van der Waals surface area (Å²) in [6, 6.07) is 6.39. The molecule has 0 saturated carbocycles. The van der Waals surface area contributed by atoms with E-state index in [1.54, 1.807) is 18.2 Å². The fourth-order valence-corrected chi connectivity index (χ4v) is 2.80. The highest BCUT2D eigenvalue weighted by atomic mass is 19.1. The zero-order valence-electron chi connectivity index (χ0n) is 10.7. The van der Waals surface area contributed by atoms with Gasteiger partial charge in [0.15, 0.2) is 0 Å². The van der Waals surface area contributed by atoms with E-state index in [-0.39, 0.29) is 23.9 Å². The molecular formula is C14H17FN2O2. The van der Waals surface area contributed by atoms with Crippen LogP contribution in [0.5, 0.6) is 0 Å². The van der Waals surface area contributed by atoms with Gasteiger partial charge in [-0.1, -0.05) is 12.1 Å². The number of ether oxygens (including phenoxy) is 1. The average molecular weight is 264 g/mol. The molecule has 1 atom stereocenters. The molecule has 1 amide bonds. The maximum absolute atomic E-state index is 13.9. The van der Waals surface area contributed by atoms with Gasteiger partial charge in [0.1, 0.15) is 12.4 Å². The zero-order valence-corrected chi connectivity index (χ0v) is 10.7. The number of nitrogens with one attached hydrogen (secondary N) is 1. The van der Waals surface area contributed by atoms with Gasteiger partial charge in [-0.25, -0.2) is 4.39 Å². The quantitative estimate of drug-likeness (QED) is 0.831. The number of nitrogens with zero attached hydrogens (tertiary/aromatic N) is 1. The Morgan fingerprint density at radius 1 is 1.37 bits per heavy atom. The number of amides is 1. The first-order chi connectivity index (χ1) is 9.20.